The topological polar surface area (TPSA) is 51.9 Å². The van der Waals surface area contributed by atoms with Gasteiger partial charge in [0.05, 0.1) is 5.69 Å². The molecule has 1 fully saturated rings. The highest BCUT2D eigenvalue weighted by molar-refractivity contribution is 5.93. The Balaban J connectivity index is 1.77. The van der Waals surface area contributed by atoms with Gasteiger partial charge in [0.2, 0.25) is 0 Å². The quantitative estimate of drug-likeness (QED) is 0.942. The molecule has 1 saturated carbocycles. The summed E-state index contributed by atoms with van der Waals surface area (Å²) in [5.74, 6) is -0.0163. The first-order valence-corrected chi connectivity index (χ1v) is 7.62. The van der Waals surface area contributed by atoms with E-state index in [-0.39, 0.29) is 5.91 Å². The molecule has 5 nitrogen and oxygen atoms in total. The van der Waals surface area contributed by atoms with Gasteiger partial charge in [0.25, 0.3) is 5.91 Å². The van der Waals surface area contributed by atoms with Crippen LogP contribution < -0.4 is 5.32 Å². The molecule has 1 N–H and O–H groups in total. The molecule has 2 aromatic rings. The van der Waals surface area contributed by atoms with E-state index in [0.717, 1.165) is 24.2 Å². The number of hydrogen-bond acceptors (Lipinski definition) is 2. The summed E-state index contributed by atoms with van der Waals surface area (Å²) in [5, 5.41) is 7.61. The van der Waals surface area contributed by atoms with E-state index in [1.807, 2.05) is 43.1 Å². The molecule has 2 aromatic heterocycles. The molecule has 0 unspecified atom stereocenters. The molecule has 2 heterocycles. The number of amides is 1. The molecule has 0 aromatic carbocycles. The van der Waals surface area contributed by atoms with E-state index >= 15 is 0 Å². The molecule has 1 amide bonds. The fraction of sp³-hybridized carbons (Fsp3) is 0.500. The number of carbonyl (C=O) groups excluding carboxylic acids is 1. The van der Waals surface area contributed by atoms with Crippen molar-refractivity contribution < 1.29 is 4.79 Å². The number of nitrogens with zero attached hydrogens (tertiary/aromatic N) is 3. The maximum Gasteiger partial charge on any atom is 0.269 e. The standard InChI is InChI=1S/C16H22N4O/c1-19-10-6-9-14(19)13-11-15(20(2)18-13)16(21)17-12-7-4-3-5-8-12/h6,9-12H,3-5,7-8H2,1-2H3,(H,17,21). The first-order valence-electron chi connectivity index (χ1n) is 7.62. The van der Waals surface area contributed by atoms with Gasteiger partial charge in [0.15, 0.2) is 0 Å². The van der Waals surface area contributed by atoms with Gasteiger partial charge >= 0.3 is 0 Å². The van der Waals surface area contributed by atoms with E-state index in [4.69, 9.17) is 0 Å². The Kier molecular flexibility index (Phi) is 3.82. The number of nitrogens with one attached hydrogen (secondary N) is 1. The largest absolute Gasteiger partial charge is 0.349 e. The van der Waals surface area contributed by atoms with Crippen LogP contribution in [0.2, 0.25) is 0 Å². The van der Waals surface area contributed by atoms with E-state index in [9.17, 15) is 4.79 Å². The Morgan fingerprint density at radius 3 is 2.71 bits per heavy atom. The van der Waals surface area contributed by atoms with Crippen LogP contribution in [-0.2, 0) is 14.1 Å². The third-order valence-corrected chi connectivity index (χ3v) is 4.26. The Bertz CT molecular complexity index is 634. The second-order valence-electron chi connectivity index (χ2n) is 5.85. The van der Waals surface area contributed by atoms with Crippen LogP contribution in [0, 0.1) is 0 Å². The van der Waals surface area contributed by atoms with Crippen LogP contribution in [0.3, 0.4) is 0 Å². The van der Waals surface area contributed by atoms with Gasteiger partial charge < -0.3 is 9.88 Å². The second-order valence-corrected chi connectivity index (χ2v) is 5.85. The van der Waals surface area contributed by atoms with Crippen molar-refractivity contribution in [1.29, 1.82) is 0 Å². The zero-order valence-electron chi connectivity index (χ0n) is 12.7. The average molecular weight is 286 g/mol. The van der Waals surface area contributed by atoms with E-state index in [1.165, 1.54) is 19.3 Å². The maximum atomic E-state index is 12.4. The molecule has 5 heteroatoms. The molecule has 0 atom stereocenters. The first-order chi connectivity index (χ1) is 10.1. The zero-order valence-corrected chi connectivity index (χ0v) is 12.7. The minimum atomic E-state index is -0.0163. The predicted octanol–water partition coefficient (Wildman–Crippen LogP) is 2.49. The zero-order chi connectivity index (χ0) is 14.8. The van der Waals surface area contributed by atoms with Crippen molar-refractivity contribution in [3.05, 3.63) is 30.1 Å². The Labute approximate surface area is 125 Å². The lowest BCUT2D eigenvalue weighted by molar-refractivity contribution is 0.0918. The van der Waals surface area contributed by atoms with Crippen LogP contribution in [0.1, 0.15) is 42.6 Å². The van der Waals surface area contributed by atoms with Gasteiger partial charge in [0.1, 0.15) is 11.4 Å². The fourth-order valence-electron chi connectivity index (χ4n) is 3.04. The molecule has 21 heavy (non-hydrogen) atoms. The second kappa shape index (κ2) is 5.76. The summed E-state index contributed by atoms with van der Waals surface area (Å²) < 4.78 is 3.67. The monoisotopic (exact) mass is 286 g/mol. The summed E-state index contributed by atoms with van der Waals surface area (Å²) in [6.07, 6.45) is 7.87. The Morgan fingerprint density at radius 1 is 1.29 bits per heavy atom. The predicted molar refractivity (Wildman–Crippen MR) is 82.0 cm³/mol. The number of hydrogen-bond donors (Lipinski definition) is 1. The minimum absolute atomic E-state index is 0.0163. The molecule has 1 aliphatic rings. The van der Waals surface area contributed by atoms with Crippen LogP contribution in [0.15, 0.2) is 24.4 Å². The molecule has 0 saturated heterocycles. The smallest absolute Gasteiger partial charge is 0.269 e. The summed E-state index contributed by atoms with van der Waals surface area (Å²) in [5.41, 5.74) is 2.47. The van der Waals surface area contributed by atoms with Crippen molar-refractivity contribution in [3.63, 3.8) is 0 Å². The van der Waals surface area contributed by atoms with E-state index in [2.05, 4.69) is 10.4 Å². The third kappa shape index (κ3) is 2.86. The molecular formula is C16H22N4O. The van der Waals surface area contributed by atoms with E-state index < -0.39 is 0 Å². The number of aromatic nitrogens is 3. The molecule has 0 aliphatic heterocycles. The summed E-state index contributed by atoms with van der Waals surface area (Å²) in [6.45, 7) is 0. The van der Waals surface area contributed by atoms with E-state index in [0.29, 0.717) is 11.7 Å². The van der Waals surface area contributed by atoms with Gasteiger partial charge in [-0.2, -0.15) is 5.10 Å². The lowest BCUT2D eigenvalue weighted by Crippen LogP contribution is -2.37. The van der Waals surface area contributed by atoms with Gasteiger partial charge in [-0.3, -0.25) is 9.48 Å². The van der Waals surface area contributed by atoms with Crippen molar-refractivity contribution in [1.82, 2.24) is 19.7 Å². The normalized spacial score (nSPS) is 16.1. The molecule has 0 radical (unpaired) electrons. The van der Waals surface area contributed by atoms with Crippen molar-refractivity contribution in [2.45, 2.75) is 38.1 Å². The summed E-state index contributed by atoms with van der Waals surface area (Å²) >= 11 is 0. The highest BCUT2D eigenvalue weighted by Gasteiger charge is 2.20. The van der Waals surface area contributed by atoms with E-state index in [1.54, 1.807) is 4.68 Å². The summed E-state index contributed by atoms with van der Waals surface area (Å²) in [4.78, 5) is 12.4. The number of carbonyl (C=O) groups is 1. The van der Waals surface area contributed by atoms with Crippen LogP contribution >= 0.6 is 0 Å². The lowest BCUT2D eigenvalue weighted by atomic mass is 9.95. The van der Waals surface area contributed by atoms with Crippen molar-refractivity contribution in [3.8, 4) is 11.4 Å². The van der Waals surface area contributed by atoms with Crippen molar-refractivity contribution in [2.75, 3.05) is 0 Å². The maximum absolute atomic E-state index is 12.4. The van der Waals surface area contributed by atoms with Crippen LogP contribution in [-0.4, -0.2) is 26.3 Å². The number of aryl methyl sites for hydroxylation is 2. The molecule has 0 spiro atoms. The van der Waals surface area contributed by atoms with Gasteiger partial charge in [0, 0.05) is 26.3 Å². The minimum Gasteiger partial charge on any atom is -0.349 e. The lowest BCUT2D eigenvalue weighted by Gasteiger charge is -2.22. The Hall–Kier alpha value is -2.04. The summed E-state index contributed by atoms with van der Waals surface area (Å²) in [6, 6.07) is 6.17. The van der Waals surface area contributed by atoms with Gasteiger partial charge in [-0.25, -0.2) is 0 Å². The van der Waals surface area contributed by atoms with Gasteiger partial charge in [-0.1, -0.05) is 19.3 Å². The molecule has 0 bridgehead atoms. The number of rotatable bonds is 3. The SMILES string of the molecule is Cn1cccc1-c1cc(C(=O)NC2CCCCC2)n(C)n1. The first kappa shape index (κ1) is 13.9. The molecule has 3 rings (SSSR count). The summed E-state index contributed by atoms with van der Waals surface area (Å²) in [7, 11) is 3.80. The third-order valence-electron chi connectivity index (χ3n) is 4.26. The average Bonchev–Trinajstić information content (AvgIpc) is 3.05. The van der Waals surface area contributed by atoms with Crippen LogP contribution in [0.25, 0.3) is 11.4 Å². The highest BCUT2D eigenvalue weighted by Crippen LogP contribution is 2.20. The van der Waals surface area contributed by atoms with Gasteiger partial charge in [-0.05, 0) is 31.0 Å². The van der Waals surface area contributed by atoms with Crippen LogP contribution in [0.4, 0.5) is 0 Å². The van der Waals surface area contributed by atoms with Crippen molar-refractivity contribution >= 4 is 5.91 Å². The van der Waals surface area contributed by atoms with Crippen LogP contribution in [0.5, 0.6) is 0 Å². The Morgan fingerprint density at radius 2 is 2.05 bits per heavy atom. The molecular weight excluding hydrogens is 264 g/mol. The molecule has 112 valence electrons. The fourth-order valence-corrected chi connectivity index (χ4v) is 3.04. The molecule has 1 aliphatic carbocycles. The van der Waals surface area contributed by atoms with Gasteiger partial charge in [-0.15, -0.1) is 0 Å². The highest BCUT2D eigenvalue weighted by atomic mass is 16.2. The van der Waals surface area contributed by atoms with Crippen molar-refractivity contribution in [2.24, 2.45) is 14.1 Å².